The topological polar surface area (TPSA) is 84.4 Å². The van der Waals surface area contributed by atoms with E-state index in [1.54, 1.807) is 0 Å². The highest BCUT2D eigenvalue weighted by molar-refractivity contribution is 8.93. The van der Waals surface area contributed by atoms with Crippen LogP contribution in [0.3, 0.4) is 0 Å². The summed E-state index contributed by atoms with van der Waals surface area (Å²) in [6.07, 6.45) is 0. The van der Waals surface area contributed by atoms with Gasteiger partial charge in [0.05, 0.1) is 0 Å². The average molecular weight is 180 g/mol. The summed E-state index contributed by atoms with van der Waals surface area (Å²) in [7, 11) is -3.12. The first kappa shape index (κ1) is 16.2. The minimum absolute atomic E-state index is 0. The van der Waals surface area contributed by atoms with Gasteiger partial charge in [0, 0.05) is 0 Å². The van der Waals surface area contributed by atoms with E-state index in [9.17, 15) is 0 Å². The molecule has 0 amide bonds. The Bertz CT molecular complexity index is 55.9. The second-order valence-electron chi connectivity index (χ2n) is 0.238. The van der Waals surface area contributed by atoms with Gasteiger partial charge in [0.15, 0.2) is 0 Å². The molecule has 6 heavy (non-hydrogen) atoms. The minimum atomic E-state index is -3.12. The van der Waals surface area contributed by atoms with Crippen molar-refractivity contribution in [3.05, 3.63) is 0 Å². The van der Waals surface area contributed by atoms with Crippen molar-refractivity contribution in [2.75, 3.05) is 0 Å². The lowest BCUT2D eigenvalue weighted by Crippen LogP contribution is -1.58. The smallest absolute Gasteiger partial charge is 0.254 e. The summed E-state index contributed by atoms with van der Waals surface area (Å²) in [5, 5.41) is 0. The number of thiol groups is 1. The molecule has 0 rings (SSSR count). The molecule has 2 N–H and O–H groups in total. The van der Waals surface area contributed by atoms with Gasteiger partial charge in [-0.2, -0.15) is 0 Å². The maximum Gasteiger partial charge on any atom is 0.254 e. The molecule has 0 saturated carbocycles. The molecule has 0 heterocycles. The van der Waals surface area contributed by atoms with Crippen LogP contribution >= 0.6 is 17.0 Å². The molecule has 0 aliphatic rings. The third kappa shape index (κ3) is 399. The van der Waals surface area contributed by atoms with Crippen molar-refractivity contribution >= 4 is 28.0 Å². The molecule has 0 saturated heterocycles. The molecular formula is H4BrO4S. The Morgan fingerprint density at radius 2 is 1.33 bits per heavy atom. The fraction of sp³-hybridized carbons (Fsp3) is 0. The first-order valence-electron chi connectivity index (χ1n) is 0.565. The zero-order chi connectivity index (χ0) is 3.58. The Morgan fingerprint density at radius 1 is 1.33 bits per heavy atom. The lowest BCUT2D eigenvalue weighted by Gasteiger charge is -1.43. The lowest BCUT2D eigenvalue weighted by molar-refractivity contribution is 0.509. The molecule has 4 nitrogen and oxygen atoms in total. The van der Waals surface area contributed by atoms with Gasteiger partial charge in [-0.1, -0.05) is 0 Å². The number of hydrogen-bond donors (Lipinski definition) is 3. The quantitative estimate of drug-likeness (QED) is 0.346. The summed E-state index contributed by atoms with van der Waals surface area (Å²) < 4.78 is 24.2. The normalized spacial score (nSPS) is 5.67. The van der Waals surface area contributed by atoms with E-state index in [4.69, 9.17) is 13.0 Å². The van der Waals surface area contributed by atoms with Gasteiger partial charge in [-0.25, -0.2) is 8.42 Å². The Labute approximate surface area is 47.0 Å². The van der Waals surface area contributed by atoms with Gasteiger partial charge in [-0.15, -0.1) is 17.0 Å². The summed E-state index contributed by atoms with van der Waals surface area (Å²) in [5.41, 5.74) is 0. The van der Waals surface area contributed by atoms with Crippen molar-refractivity contribution in [1.29, 1.82) is 0 Å². The largest absolute Gasteiger partial charge is 0.288 e. The summed E-state index contributed by atoms with van der Waals surface area (Å²) in [6.45, 7) is 0. The van der Waals surface area contributed by atoms with Gasteiger partial charge in [-0.3, -0.25) is 10.0 Å². The van der Waals surface area contributed by atoms with E-state index in [-0.39, 0.29) is 22.5 Å². The molecule has 0 aliphatic heterocycles. The molecule has 0 aliphatic carbocycles. The third-order valence-electron chi connectivity index (χ3n) is 0. The van der Waals surface area contributed by atoms with Crippen molar-refractivity contribution in [3.8, 4) is 0 Å². The number of halogens is 1. The van der Waals surface area contributed by atoms with E-state index in [1.807, 2.05) is 0 Å². The predicted molar refractivity (Wildman–Crippen MR) is 25.2 cm³/mol. The molecule has 0 bridgehead atoms. The van der Waals surface area contributed by atoms with E-state index >= 15 is 0 Å². The van der Waals surface area contributed by atoms with E-state index in [2.05, 4.69) is 0 Å². The van der Waals surface area contributed by atoms with Crippen molar-refractivity contribution in [1.82, 2.24) is 0 Å². The second-order valence-corrected chi connectivity index (χ2v) is 0.714. The number of hydrogen-bond acceptors (Lipinski definition) is 2. The van der Waals surface area contributed by atoms with Crippen LogP contribution in [0.15, 0.2) is 0 Å². The van der Waals surface area contributed by atoms with Crippen LogP contribution in [0.1, 0.15) is 0 Å². The zero-order valence-corrected chi connectivity index (χ0v) is 5.17. The fourth-order valence-corrected chi connectivity index (χ4v) is 0. The zero-order valence-electron chi connectivity index (χ0n) is 2.57. The van der Waals surface area contributed by atoms with E-state index in [0.717, 1.165) is 0 Å². The van der Waals surface area contributed by atoms with E-state index in [1.165, 1.54) is 0 Å². The van der Waals surface area contributed by atoms with Crippen LogP contribution in [0.2, 0.25) is 0 Å². The highest BCUT2D eigenvalue weighted by Crippen LogP contribution is 1.27. The SMILES string of the molecule is Br.O=[SH](=O)O.[OH]. The maximum absolute atomic E-state index is 8.59. The Kier molecular flexibility index (Phi) is 24.3. The van der Waals surface area contributed by atoms with Crippen LogP contribution in [-0.2, 0) is 11.0 Å². The highest BCUT2D eigenvalue weighted by Gasteiger charge is 1.44. The van der Waals surface area contributed by atoms with Gasteiger partial charge < -0.3 is 0 Å². The first-order chi connectivity index (χ1) is 1.73. The summed E-state index contributed by atoms with van der Waals surface area (Å²) in [5.74, 6) is 0. The standard InChI is InChI=1S/BrH.H2O3S.HO/c;1-4(2)3;/h1H;4H,(H,1,2,3);1H. The first-order valence-corrected chi connectivity index (χ1v) is 1.70. The molecule has 0 aromatic carbocycles. The molecule has 0 unspecified atom stereocenters. The summed E-state index contributed by atoms with van der Waals surface area (Å²) >= 11 is 0. The second kappa shape index (κ2) is 9.02. The Morgan fingerprint density at radius 3 is 1.33 bits per heavy atom. The van der Waals surface area contributed by atoms with Gasteiger partial charge in [0.1, 0.15) is 0 Å². The molecule has 0 spiro atoms. The van der Waals surface area contributed by atoms with Crippen LogP contribution in [0.5, 0.6) is 0 Å². The fourth-order valence-electron chi connectivity index (χ4n) is 0. The molecule has 41 valence electrons. The van der Waals surface area contributed by atoms with Gasteiger partial charge in [0.25, 0.3) is 11.0 Å². The van der Waals surface area contributed by atoms with E-state index in [0.29, 0.717) is 0 Å². The average Bonchev–Trinajstić information content (AvgIpc) is 0.811. The molecule has 0 aromatic rings. The summed E-state index contributed by atoms with van der Waals surface area (Å²) in [6, 6.07) is 0. The molecule has 0 fully saturated rings. The molecular weight excluding hydrogens is 176 g/mol. The number of rotatable bonds is 0. The Hall–Kier alpha value is 0.350. The van der Waals surface area contributed by atoms with Crippen molar-refractivity contribution in [2.24, 2.45) is 0 Å². The molecule has 0 aromatic heterocycles. The van der Waals surface area contributed by atoms with Gasteiger partial charge in [0.2, 0.25) is 0 Å². The highest BCUT2D eigenvalue weighted by atomic mass is 79.9. The molecule has 0 atom stereocenters. The predicted octanol–water partition coefficient (Wildman–Crippen LogP) is -0.528. The van der Waals surface area contributed by atoms with Crippen LogP contribution in [0.25, 0.3) is 0 Å². The van der Waals surface area contributed by atoms with Crippen LogP contribution in [0, 0.1) is 0 Å². The van der Waals surface area contributed by atoms with Crippen LogP contribution < -0.4 is 0 Å². The van der Waals surface area contributed by atoms with Crippen molar-refractivity contribution in [3.63, 3.8) is 0 Å². The molecule has 6 heteroatoms. The minimum Gasteiger partial charge on any atom is -0.288 e. The third-order valence-corrected chi connectivity index (χ3v) is 0. The summed E-state index contributed by atoms with van der Waals surface area (Å²) in [4.78, 5) is 0. The molecule has 1 radical (unpaired) electrons. The van der Waals surface area contributed by atoms with E-state index < -0.39 is 11.0 Å². The van der Waals surface area contributed by atoms with Crippen LogP contribution in [-0.4, -0.2) is 18.4 Å². The maximum atomic E-state index is 8.59. The Balaban J connectivity index is -0.0000000450. The van der Waals surface area contributed by atoms with Gasteiger partial charge >= 0.3 is 0 Å². The van der Waals surface area contributed by atoms with Crippen LogP contribution in [0.4, 0.5) is 0 Å². The monoisotopic (exact) mass is 179 g/mol. The van der Waals surface area contributed by atoms with Crippen molar-refractivity contribution < 1.29 is 18.4 Å². The van der Waals surface area contributed by atoms with Gasteiger partial charge in [-0.05, 0) is 0 Å². The van der Waals surface area contributed by atoms with Crippen molar-refractivity contribution in [2.45, 2.75) is 0 Å². The lowest BCUT2D eigenvalue weighted by atomic mass is 15.9.